The first kappa shape index (κ1) is 19.7. The number of carbonyl (C=O) groups excluding carboxylic acids is 1. The molecule has 3 heterocycles. The normalized spacial score (nSPS) is 26.5. The molecular formula is C22H33N3O3. The van der Waals surface area contributed by atoms with Gasteiger partial charge in [-0.2, -0.15) is 0 Å². The van der Waals surface area contributed by atoms with Crippen molar-refractivity contribution in [2.45, 2.75) is 44.2 Å². The lowest BCUT2D eigenvalue weighted by Gasteiger charge is -2.33. The highest BCUT2D eigenvalue weighted by molar-refractivity contribution is 5.78. The van der Waals surface area contributed by atoms with Crippen LogP contribution in [0.1, 0.15) is 37.7 Å². The van der Waals surface area contributed by atoms with Crippen molar-refractivity contribution < 1.29 is 14.3 Å². The molecule has 1 aromatic rings. The molecule has 3 aliphatic rings. The molecule has 1 spiro atoms. The first-order valence-electron chi connectivity index (χ1n) is 10.8. The Morgan fingerprint density at radius 2 is 2.04 bits per heavy atom. The highest BCUT2D eigenvalue weighted by Gasteiger charge is 2.41. The van der Waals surface area contributed by atoms with Gasteiger partial charge in [0, 0.05) is 32.7 Å². The Balaban J connectivity index is 1.21. The van der Waals surface area contributed by atoms with E-state index >= 15 is 0 Å². The second-order valence-corrected chi connectivity index (χ2v) is 8.46. The van der Waals surface area contributed by atoms with Crippen LogP contribution in [-0.2, 0) is 16.1 Å². The summed E-state index contributed by atoms with van der Waals surface area (Å²) in [5, 5.41) is 2.95. The molecule has 6 nitrogen and oxygen atoms in total. The zero-order chi connectivity index (χ0) is 19.2. The fourth-order valence-electron chi connectivity index (χ4n) is 4.56. The predicted molar refractivity (Wildman–Crippen MR) is 108 cm³/mol. The van der Waals surface area contributed by atoms with Gasteiger partial charge >= 0.3 is 0 Å². The summed E-state index contributed by atoms with van der Waals surface area (Å²) in [7, 11) is 0. The first-order valence-corrected chi connectivity index (χ1v) is 10.8. The molecule has 0 aromatic heterocycles. The Labute approximate surface area is 168 Å². The number of piperidine rings is 1. The molecule has 154 valence electrons. The van der Waals surface area contributed by atoms with Crippen molar-refractivity contribution >= 4 is 5.91 Å². The molecule has 1 N–H and O–H groups in total. The lowest BCUT2D eigenvalue weighted by molar-refractivity contribution is -0.142. The van der Waals surface area contributed by atoms with Crippen LogP contribution in [0, 0.1) is 0 Å². The van der Waals surface area contributed by atoms with Crippen molar-refractivity contribution in [2.24, 2.45) is 0 Å². The van der Waals surface area contributed by atoms with Crippen molar-refractivity contribution in [3.63, 3.8) is 0 Å². The molecule has 3 saturated heterocycles. The predicted octanol–water partition coefficient (Wildman–Crippen LogP) is 2.03. The molecule has 1 aromatic carbocycles. The van der Waals surface area contributed by atoms with Crippen LogP contribution in [0.2, 0.25) is 0 Å². The minimum absolute atomic E-state index is 0.00536. The number of ether oxygens (including phenoxy) is 2. The molecule has 1 amide bonds. The lowest BCUT2D eigenvalue weighted by Crippen LogP contribution is -2.53. The second-order valence-electron chi connectivity index (χ2n) is 8.46. The van der Waals surface area contributed by atoms with Gasteiger partial charge in [-0.3, -0.25) is 9.69 Å². The zero-order valence-electron chi connectivity index (χ0n) is 16.8. The van der Waals surface area contributed by atoms with E-state index in [1.165, 1.54) is 37.9 Å². The van der Waals surface area contributed by atoms with E-state index in [9.17, 15) is 4.79 Å². The third kappa shape index (κ3) is 5.25. The van der Waals surface area contributed by atoms with Crippen molar-refractivity contribution in [1.29, 1.82) is 0 Å². The molecule has 0 bridgehead atoms. The van der Waals surface area contributed by atoms with E-state index in [1.807, 2.05) is 0 Å². The van der Waals surface area contributed by atoms with Gasteiger partial charge in [0.2, 0.25) is 5.91 Å². The van der Waals surface area contributed by atoms with Gasteiger partial charge in [-0.1, -0.05) is 18.6 Å². The van der Waals surface area contributed by atoms with Gasteiger partial charge in [0.25, 0.3) is 0 Å². The minimum Gasteiger partial charge on any atom is -0.494 e. The van der Waals surface area contributed by atoms with Crippen LogP contribution in [0.3, 0.4) is 0 Å². The van der Waals surface area contributed by atoms with Gasteiger partial charge in [0.15, 0.2) is 0 Å². The van der Waals surface area contributed by atoms with Gasteiger partial charge in [0.1, 0.15) is 12.4 Å². The molecule has 4 rings (SSSR count). The lowest BCUT2D eigenvalue weighted by atomic mass is 10.0. The third-order valence-corrected chi connectivity index (χ3v) is 6.15. The molecule has 0 radical (unpaired) electrons. The summed E-state index contributed by atoms with van der Waals surface area (Å²) in [6.45, 7) is 8.00. The first-order chi connectivity index (χ1) is 13.7. The minimum atomic E-state index is -0.198. The fraction of sp³-hybridized carbons (Fsp3) is 0.682. The number of hydrogen-bond acceptors (Lipinski definition) is 5. The van der Waals surface area contributed by atoms with Crippen molar-refractivity contribution in [2.75, 3.05) is 52.5 Å². The molecule has 0 aliphatic carbocycles. The van der Waals surface area contributed by atoms with Crippen LogP contribution in [-0.4, -0.2) is 73.8 Å². The van der Waals surface area contributed by atoms with Gasteiger partial charge < -0.3 is 19.7 Å². The number of amides is 1. The van der Waals surface area contributed by atoms with Crippen LogP contribution in [0.5, 0.6) is 5.75 Å². The molecule has 3 aliphatic heterocycles. The van der Waals surface area contributed by atoms with Crippen LogP contribution < -0.4 is 10.1 Å². The van der Waals surface area contributed by atoms with E-state index in [-0.39, 0.29) is 18.1 Å². The largest absolute Gasteiger partial charge is 0.494 e. The van der Waals surface area contributed by atoms with E-state index in [2.05, 4.69) is 39.4 Å². The van der Waals surface area contributed by atoms with Crippen LogP contribution in [0.4, 0.5) is 0 Å². The molecule has 1 unspecified atom stereocenters. The summed E-state index contributed by atoms with van der Waals surface area (Å²) >= 11 is 0. The Bertz CT molecular complexity index is 650. The quantitative estimate of drug-likeness (QED) is 0.726. The fourth-order valence-corrected chi connectivity index (χ4v) is 4.56. The maximum Gasteiger partial charge on any atom is 0.246 e. The Kier molecular flexibility index (Phi) is 6.50. The van der Waals surface area contributed by atoms with Crippen LogP contribution in [0.15, 0.2) is 24.3 Å². The number of likely N-dealkylation sites (tertiary alicyclic amines) is 2. The van der Waals surface area contributed by atoms with Crippen molar-refractivity contribution in [1.82, 2.24) is 15.1 Å². The molecule has 1 atom stereocenters. The Morgan fingerprint density at radius 3 is 2.86 bits per heavy atom. The molecule has 28 heavy (non-hydrogen) atoms. The number of benzene rings is 1. The van der Waals surface area contributed by atoms with Gasteiger partial charge in [0.05, 0.1) is 12.2 Å². The van der Waals surface area contributed by atoms with Crippen LogP contribution in [0.25, 0.3) is 0 Å². The summed E-state index contributed by atoms with van der Waals surface area (Å²) < 4.78 is 11.9. The highest BCUT2D eigenvalue weighted by atomic mass is 16.5. The van der Waals surface area contributed by atoms with E-state index in [0.29, 0.717) is 6.54 Å². The van der Waals surface area contributed by atoms with E-state index < -0.39 is 0 Å². The molecule has 6 heteroatoms. The van der Waals surface area contributed by atoms with E-state index in [4.69, 9.17) is 9.47 Å². The number of morpholine rings is 1. The number of rotatable bonds is 7. The number of nitrogens with zero attached hydrogens (tertiary/aromatic N) is 2. The maximum atomic E-state index is 11.3. The van der Waals surface area contributed by atoms with E-state index in [1.54, 1.807) is 0 Å². The van der Waals surface area contributed by atoms with Crippen molar-refractivity contribution in [3.05, 3.63) is 29.8 Å². The average molecular weight is 388 g/mol. The van der Waals surface area contributed by atoms with Crippen LogP contribution >= 0.6 is 0 Å². The Hall–Kier alpha value is -1.63. The number of carbonyl (C=O) groups is 1. The number of hydrogen-bond donors (Lipinski definition) is 1. The number of nitrogens with one attached hydrogen (secondary N) is 1. The van der Waals surface area contributed by atoms with Gasteiger partial charge in [-0.15, -0.1) is 0 Å². The monoisotopic (exact) mass is 387 g/mol. The van der Waals surface area contributed by atoms with Crippen molar-refractivity contribution in [3.8, 4) is 5.75 Å². The molecule has 0 saturated carbocycles. The SMILES string of the molecule is O=C1COC2(CCN(Cc3cccc(OCCCN4CCCCC4)c3)C2)CN1. The Morgan fingerprint density at radius 1 is 1.14 bits per heavy atom. The highest BCUT2D eigenvalue weighted by Crippen LogP contribution is 2.28. The van der Waals surface area contributed by atoms with Gasteiger partial charge in [-0.05, 0) is 56.5 Å². The summed E-state index contributed by atoms with van der Waals surface area (Å²) in [4.78, 5) is 16.3. The van der Waals surface area contributed by atoms with Gasteiger partial charge in [-0.25, -0.2) is 0 Å². The summed E-state index contributed by atoms with van der Waals surface area (Å²) in [6, 6.07) is 8.46. The summed E-state index contributed by atoms with van der Waals surface area (Å²) in [5.41, 5.74) is 1.07. The smallest absolute Gasteiger partial charge is 0.246 e. The summed E-state index contributed by atoms with van der Waals surface area (Å²) in [5.74, 6) is 0.959. The topological polar surface area (TPSA) is 54.0 Å². The average Bonchev–Trinajstić information content (AvgIpc) is 3.11. The maximum absolute atomic E-state index is 11.3. The second kappa shape index (κ2) is 9.25. The van der Waals surface area contributed by atoms with E-state index in [0.717, 1.165) is 51.4 Å². The molecular weight excluding hydrogens is 354 g/mol. The zero-order valence-corrected chi connectivity index (χ0v) is 16.8. The standard InChI is InChI=1S/C22H33N3O3/c26-21-16-28-22(17-23-21)8-12-25(18-22)15-19-6-4-7-20(14-19)27-13-5-11-24-9-2-1-3-10-24/h4,6-7,14H,1-3,5,8-13,15-18H2,(H,23,26). The third-order valence-electron chi connectivity index (χ3n) is 6.15. The molecule has 3 fully saturated rings. The summed E-state index contributed by atoms with van der Waals surface area (Å²) in [6.07, 6.45) is 6.14.